The van der Waals surface area contributed by atoms with Crippen LogP contribution in [0.25, 0.3) is 0 Å². The Hall–Kier alpha value is -2.53. The zero-order valence-electron chi connectivity index (χ0n) is 16.8. The number of benzene rings is 2. The van der Waals surface area contributed by atoms with Crippen LogP contribution in [0.15, 0.2) is 48.5 Å². The Morgan fingerprint density at radius 3 is 2.19 bits per heavy atom. The number of likely N-dealkylation sites (N-methyl/N-ethyl adjacent to an activating group) is 1. The van der Waals surface area contributed by atoms with Gasteiger partial charge < -0.3 is 20.3 Å². The van der Waals surface area contributed by atoms with Crippen molar-refractivity contribution in [1.29, 1.82) is 0 Å². The summed E-state index contributed by atoms with van der Waals surface area (Å²) in [4.78, 5) is 14.3. The van der Waals surface area contributed by atoms with Crippen molar-refractivity contribution in [1.82, 2.24) is 15.5 Å². The molecule has 2 amide bonds. The lowest BCUT2D eigenvalue weighted by Crippen LogP contribution is -2.41. The van der Waals surface area contributed by atoms with Crippen molar-refractivity contribution < 1.29 is 9.53 Å². The summed E-state index contributed by atoms with van der Waals surface area (Å²) in [5, 5.41) is 5.91. The fourth-order valence-electron chi connectivity index (χ4n) is 2.94. The monoisotopic (exact) mass is 369 g/mol. The second-order valence-corrected chi connectivity index (χ2v) is 6.81. The first kappa shape index (κ1) is 20.8. The van der Waals surface area contributed by atoms with Gasteiger partial charge in [-0.25, -0.2) is 4.79 Å². The number of aryl methyl sites for hydroxylation is 1. The van der Waals surface area contributed by atoms with Crippen LogP contribution in [-0.4, -0.2) is 45.2 Å². The summed E-state index contributed by atoms with van der Waals surface area (Å²) < 4.78 is 5.15. The van der Waals surface area contributed by atoms with Gasteiger partial charge in [0.15, 0.2) is 0 Å². The molecule has 0 saturated carbocycles. The first-order valence-electron chi connectivity index (χ1n) is 9.43. The van der Waals surface area contributed by atoms with Crippen LogP contribution in [0.2, 0.25) is 0 Å². The predicted molar refractivity (Wildman–Crippen MR) is 110 cm³/mol. The molecular weight excluding hydrogens is 338 g/mol. The summed E-state index contributed by atoms with van der Waals surface area (Å²) in [6.07, 6.45) is 1.81. The molecule has 5 heteroatoms. The van der Waals surface area contributed by atoms with E-state index in [9.17, 15) is 4.79 Å². The van der Waals surface area contributed by atoms with E-state index >= 15 is 0 Å². The van der Waals surface area contributed by atoms with Crippen molar-refractivity contribution in [3.8, 4) is 5.75 Å². The molecule has 0 aliphatic rings. The van der Waals surface area contributed by atoms with Crippen molar-refractivity contribution in [3.05, 3.63) is 65.2 Å². The van der Waals surface area contributed by atoms with Crippen LogP contribution >= 0.6 is 0 Å². The third-order valence-corrected chi connectivity index (χ3v) is 4.71. The first-order valence-corrected chi connectivity index (χ1v) is 9.43. The van der Waals surface area contributed by atoms with Gasteiger partial charge in [0.1, 0.15) is 5.75 Å². The third-order valence-electron chi connectivity index (χ3n) is 4.71. The van der Waals surface area contributed by atoms with E-state index in [2.05, 4.69) is 46.7 Å². The van der Waals surface area contributed by atoms with Crippen molar-refractivity contribution in [2.24, 2.45) is 0 Å². The molecule has 1 atom stereocenters. The van der Waals surface area contributed by atoms with E-state index in [0.717, 1.165) is 18.6 Å². The Balaban J connectivity index is 1.79. The van der Waals surface area contributed by atoms with Gasteiger partial charge in [-0.1, -0.05) is 43.3 Å². The molecule has 2 aromatic carbocycles. The fourth-order valence-corrected chi connectivity index (χ4v) is 2.94. The molecule has 0 fully saturated rings. The molecule has 1 unspecified atom stereocenters. The number of carbonyl (C=O) groups excluding carboxylic acids is 1. The van der Waals surface area contributed by atoms with Gasteiger partial charge in [-0.3, -0.25) is 0 Å². The maximum absolute atomic E-state index is 12.1. The molecule has 2 N–H and O–H groups in total. The number of nitrogens with zero attached hydrogens (tertiary/aromatic N) is 1. The highest BCUT2D eigenvalue weighted by Crippen LogP contribution is 2.18. The topological polar surface area (TPSA) is 53.6 Å². The van der Waals surface area contributed by atoms with E-state index in [1.165, 1.54) is 16.7 Å². The Bertz CT molecular complexity index is 697. The lowest BCUT2D eigenvalue weighted by molar-refractivity contribution is 0.233. The summed E-state index contributed by atoms with van der Waals surface area (Å²) in [6.45, 7) is 3.30. The SMILES string of the molecule is CCc1ccc(C(CNC(=O)NCCc2ccc(OC)cc2)N(C)C)cc1. The standard InChI is InChI=1S/C22H31N3O2/c1-5-17-6-10-19(11-7-17)21(25(2)3)16-24-22(26)23-15-14-18-8-12-20(27-4)13-9-18/h6-13,21H,5,14-16H2,1-4H3,(H2,23,24,26). The number of hydrogen-bond acceptors (Lipinski definition) is 3. The average Bonchev–Trinajstić information content (AvgIpc) is 2.69. The highest BCUT2D eigenvalue weighted by Gasteiger charge is 2.15. The summed E-state index contributed by atoms with van der Waals surface area (Å²) in [6, 6.07) is 16.5. The second-order valence-electron chi connectivity index (χ2n) is 6.81. The molecule has 27 heavy (non-hydrogen) atoms. The highest BCUT2D eigenvalue weighted by atomic mass is 16.5. The molecule has 0 radical (unpaired) electrons. The second kappa shape index (κ2) is 10.6. The van der Waals surface area contributed by atoms with Gasteiger partial charge in [-0.15, -0.1) is 0 Å². The van der Waals surface area contributed by atoms with Crippen molar-refractivity contribution in [2.75, 3.05) is 34.3 Å². The molecule has 0 aliphatic carbocycles. The molecule has 0 spiro atoms. The summed E-state index contributed by atoms with van der Waals surface area (Å²) >= 11 is 0. The average molecular weight is 370 g/mol. The largest absolute Gasteiger partial charge is 0.497 e. The van der Waals surface area contributed by atoms with Crippen molar-refractivity contribution in [3.63, 3.8) is 0 Å². The normalized spacial score (nSPS) is 11.9. The zero-order valence-corrected chi connectivity index (χ0v) is 16.8. The molecule has 0 aliphatic heterocycles. The van der Waals surface area contributed by atoms with E-state index in [1.54, 1.807) is 7.11 Å². The lowest BCUT2D eigenvalue weighted by Gasteiger charge is -2.25. The van der Waals surface area contributed by atoms with Gasteiger partial charge in [0.2, 0.25) is 0 Å². The van der Waals surface area contributed by atoms with Gasteiger partial charge >= 0.3 is 6.03 Å². The minimum absolute atomic E-state index is 0.138. The molecule has 146 valence electrons. The smallest absolute Gasteiger partial charge is 0.314 e. The third kappa shape index (κ3) is 6.61. The molecule has 0 aromatic heterocycles. The fraction of sp³-hybridized carbons (Fsp3) is 0.409. The van der Waals surface area contributed by atoms with Gasteiger partial charge in [0.25, 0.3) is 0 Å². The van der Waals surface area contributed by atoms with E-state index in [-0.39, 0.29) is 12.1 Å². The van der Waals surface area contributed by atoms with Gasteiger partial charge in [-0.05, 0) is 55.8 Å². The van der Waals surface area contributed by atoms with Crippen LogP contribution in [0.1, 0.15) is 29.7 Å². The number of amides is 2. The Kier molecular flexibility index (Phi) is 8.14. The quantitative estimate of drug-likeness (QED) is 0.712. The van der Waals surface area contributed by atoms with E-state index in [0.29, 0.717) is 13.1 Å². The number of rotatable bonds is 9. The number of carbonyl (C=O) groups is 1. The number of methoxy groups -OCH3 is 1. The van der Waals surface area contributed by atoms with Gasteiger partial charge in [0, 0.05) is 13.1 Å². The van der Waals surface area contributed by atoms with Crippen LogP contribution in [0.4, 0.5) is 4.79 Å². The molecule has 0 saturated heterocycles. The number of hydrogen-bond donors (Lipinski definition) is 2. The van der Waals surface area contributed by atoms with E-state index in [4.69, 9.17) is 4.74 Å². The molecule has 2 aromatic rings. The van der Waals surface area contributed by atoms with Crippen molar-refractivity contribution >= 4 is 6.03 Å². The van der Waals surface area contributed by atoms with E-state index < -0.39 is 0 Å². The molecule has 0 bridgehead atoms. The molecular formula is C22H31N3O2. The minimum atomic E-state index is -0.138. The molecule has 5 nitrogen and oxygen atoms in total. The van der Waals surface area contributed by atoms with Crippen LogP contribution in [0, 0.1) is 0 Å². The van der Waals surface area contributed by atoms with Gasteiger partial charge in [-0.2, -0.15) is 0 Å². The van der Waals surface area contributed by atoms with Crippen LogP contribution in [0.5, 0.6) is 5.75 Å². The molecule has 0 heterocycles. The number of nitrogens with one attached hydrogen (secondary N) is 2. The van der Waals surface area contributed by atoms with Crippen molar-refractivity contribution in [2.45, 2.75) is 25.8 Å². The van der Waals surface area contributed by atoms with Crippen LogP contribution < -0.4 is 15.4 Å². The maximum atomic E-state index is 12.1. The zero-order chi connectivity index (χ0) is 19.6. The number of ether oxygens (including phenoxy) is 1. The Morgan fingerprint density at radius 2 is 1.63 bits per heavy atom. The van der Waals surface area contributed by atoms with E-state index in [1.807, 2.05) is 38.4 Å². The number of urea groups is 1. The summed E-state index contributed by atoms with van der Waals surface area (Å²) in [7, 11) is 5.71. The first-order chi connectivity index (χ1) is 13.0. The van der Waals surface area contributed by atoms with Gasteiger partial charge in [0.05, 0.1) is 13.2 Å². The lowest BCUT2D eigenvalue weighted by atomic mass is 10.0. The molecule has 2 rings (SSSR count). The Morgan fingerprint density at radius 1 is 1.00 bits per heavy atom. The minimum Gasteiger partial charge on any atom is -0.497 e. The van der Waals surface area contributed by atoms with Crippen LogP contribution in [-0.2, 0) is 12.8 Å². The summed E-state index contributed by atoms with van der Waals surface area (Å²) in [5.74, 6) is 0.839. The Labute approximate surface area is 162 Å². The maximum Gasteiger partial charge on any atom is 0.314 e. The van der Waals surface area contributed by atoms with Crippen LogP contribution in [0.3, 0.4) is 0 Å². The summed E-state index contributed by atoms with van der Waals surface area (Å²) in [5.41, 5.74) is 3.69. The predicted octanol–water partition coefficient (Wildman–Crippen LogP) is 3.40. The highest BCUT2D eigenvalue weighted by molar-refractivity contribution is 5.73.